The van der Waals surface area contributed by atoms with Crippen LogP contribution in [0.5, 0.6) is 0 Å². The zero-order valence-corrected chi connectivity index (χ0v) is 11.1. The molecule has 1 atom stereocenters. The van der Waals surface area contributed by atoms with Crippen molar-refractivity contribution >= 4 is 17.3 Å². The van der Waals surface area contributed by atoms with Crippen LogP contribution in [0.25, 0.3) is 0 Å². The second-order valence-corrected chi connectivity index (χ2v) is 4.68. The Balaban J connectivity index is 2.19. The molecule has 0 aromatic heterocycles. The van der Waals surface area contributed by atoms with Crippen LogP contribution in [0.3, 0.4) is 0 Å². The fourth-order valence-electron chi connectivity index (χ4n) is 2.25. The van der Waals surface area contributed by atoms with Crippen LogP contribution in [0.15, 0.2) is 18.2 Å². The summed E-state index contributed by atoms with van der Waals surface area (Å²) in [6.07, 6.45) is 1.57. The number of carbonyl (C=O) groups excluding carboxylic acids is 1. The first-order chi connectivity index (χ1) is 9.54. The van der Waals surface area contributed by atoms with E-state index in [0.717, 1.165) is 25.1 Å². The van der Waals surface area contributed by atoms with E-state index < -0.39 is 16.4 Å². The molecule has 1 aromatic carbocycles. The van der Waals surface area contributed by atoms with Gasteiger partial charge in [0.05, 0.1) is 16.7 Å². The number of halogens is 1. The van der Waals surface area contributed by atoms with Crippen molar-refractivity contribution in [2.24, 2.45) is 0 Å². The molecule has 1 aliphatic heterocycles. The summed E-state index contributed by atoms with van der Waals surface area (Å²) in [6, 6.07) is 3.25. The lowest BCUT2D eigenvalue weighted by molar-refractivity contribution is -0.387. The largest absolute Gasteiger partial charge is 0.311 e. The molecule has 6 nitrogen and oxygen atoms in total. The van der Waals surface area contributed by atoms with Crippen LogP contribution in [0.4, 0.5) is 15.8 Å². The van der Waals surface area contributed by atoms with E-state index in [1.807, 2.05) is 6.92 Å². The highest BCUT2D eigenvalue weighted by atomic mass is 19.1. The van der Waals surface area contributed by atoms with Gasteiger partial charge in [0.1, 0.15) is 0 Å². The van der Waals surface area contributed by atoms with Crippen molar-refractivity contribution in [2.45, 2.75) is 25.8 Å². The summed E-state index contributed by atoms with van der Waals surface area (Å²) in [5.74, 6) is -1.02. The minimum Gasteiger partial charge on any atom is -0.311 e. The predicted octanol–water partition coefficient (Wildman–Crippen LogP) is 1.84. The van der Waals surface area contributed by atoms with E-state index in [1.54, 1.807) is 0 Å². The number of benzene rings is 1. The molecule has 1 amide bonds. The van der Waals surface area contributed by atoms with Crippen molar-refractivity contribution in [3.8, 4) is 0 Å². The number of nitro groups is 1. The van der Waals surface area contributed by atoms with Gasteiger partial charge >= 0.3 is 5.69 Å². The summed E-state index contributed by atoms with van der Waals surface area (Å²) in [6.45, 7) is 3.23. The highest BCUT2D eigenvalue weighted by Gasteiger charge is 2.32. The smallest absolute Gasteiger partial charge is 0.306 e. The number of rotatable bonds is 5. The molecular weight excluding hydrogens is 265 g/mol. The Morgan fingerprint density at radius 1 is 1.55 bits per heavy atom. The number of hydrogen-bond acceptors (Lipinski definition) is 4. The Morgan fingerprint density at radius 3 is 2.95 bits per heavy atom. The summed E-state index contributed by atoms with van der Waals surface area (Å²) in [7, 11) is 0. The number of nitrogens with zero attached hydrogens (tertiary/aromatic N) is 2. The van der Waals surface area contributed by atoms with Gasteiger partial charge in [-0.25, -0.2) is 0 Å². The van der Waals surface area contributed by atoms with Crippen molar-refractivity contribution in [3.63, 3.8) is 0 Å². The van der Waals surface area contributed by atoms with E-state index in [0.29, 0.717) is 18.7 Å². The molecule has 108 valence electrons. The molecule has 0 saturated carbocycles. The number of nitro benzene ring substituents is 1. The van der Waals surface area contributed by atoms with Gasteiger partial charge in [0.2, 0.25) is 11.7 Å². The maximum Gasteiger partial charge on any atom is 0.306 e. The molecule has 0 radical (unpaired) electrons. The standard InChI is InChI=1S/C13H16FN3O3/c1-2-6-15-11-5-7-16(13(11)18)9-3-4-10(14)12(8-9)17(19)20/h3-4,8,11,15H,2,5-7H2,1H3. The SMILES string of the molecule is CCCNC1CCN(c2ccc(F)c([N+](=O)[O-])c2)C1=O. The third kappa shape index (κ3) is 2.77. The zero-order valence-electron chi connectivity index (χ0n) is 11.1. The van der Waals surface area contributed by atoms with Gasteiger partial charge in [-0.05, 0) is 31.5 Å². The predicted molar refractivity (Wildman–Crippen MR) is 72.1 cm³/mol. The van der Waals surface area contributed by atoms with Crippen LogP contribution >= 0.6 is 0 Å². The van der Waals surface area contributed by atoms with Crippen LogP contribution in [0.2, 0.25) is 0 Å². The monoisotopic (exact) mass is 281 g/mol. The zero-order chi connectivity index (χ0) is 14.7. The number of nitrogens with one attached hydrogen (secondary N) is 1. The van der Waals surface area contributed by atoms with Crippen molar-refractivity contribution in [1.29, 1.82) is 0 Å². The van der Waals surface area contributed by atoms with Crippen LogP contribution < -0.4 is 10.2 Å². The molecule has 1 unspecified atom stereocenters. The van der Waals surface area contributed by atoms with Gasteiger partial charge in [-0.2, -0.15) is 4.39 Å². The Kier molecular flexibility index (Phi) is 4.29. The van der Waals surface area contributed by atoms with Gasteiger partial charge in [0.15, 0.2) is 0 Å². The Bertz CT molecular complexity index is 536. The van der Waals surface area contributed by atoms with Crippen LogP contribution in [-0.2, 0) is 4.79 Å². The summed E-state index contributed by atoms with van der Waals surface area (Å²) in [4.78, 5) is 23.6. The summed E-state index contributed by atoms with van der Waals surface area (Å²) in [5, 5.41) is 13.9. The maximum absolute atomic E-state index is 13.3. The lowest BCUT2D eigenvalue weighted by Gasteiger charge is -2.17. The molecule has 0 bridgehead atoms. The molecule has 0 aliphatic carbocycles. The van der Waals surface area contributed by atoms with E-state index >= 15 is 0 Å². The first-order valence-electron chi connectivity index (χ1n) is 6.53. The Labute approximate surface area is 115 Å². The molecule has 20 heavy (non-hydrogen) atoms. The first kappa shape index (κ1) is 14.4. The van der Waals surface area contributed by atoms with E-state index in [9.17, 15) is 19.3 Å². The average molecular weight is 281 g/mol. The quantitative estimate of drug-likeness (QED) is 0.660. The first-order valence-corrected chi connectivity index (χ1v) is 6.53. The van der Waals surface area contributed by atoms with Crippen LogP contribution in [0.1, 0.15) is 19.8 Å². The Hall–Kier alpha value is -2.02. The van der Waals surface area contributed by atoms with Gasteiger partial charge in [0.25, 0.3) is 0 Å². The molecule has 1 aromatic rings. The normalized spacial score (nSPS) is 18.6. The molecule has 1 saturated heterocycles. The third-order valence-corrected chi connectivity index (χ3v) is 3.28. The third-order valence-electron chi connectivity index (χ3n) is 3.28. The van der Waals surface area contributed by atoms with Crippen molar-refractivity contribution in [3.05, 3.63) is 34.1 Å². The lowest BCUT2D eigenvalue weighted by Crippen LogP contribution is -2.38. The summed E-state index contributed by atoms with van der Waals surface area (Å²) >= 11 is 0. The molecule has 1 fully saturated rings. The number of anilines is 1. The lowest BCUT2D eigenvalue weighted by atomic mass is 10.2. The van der Waals surface area contributed by atoms with E-state index in [-0.39, 0.29) is 11.9 Å². The van der Waals surface area contributed by atoms with Crippen molar-refractivity contribution in [2.75, 3.05) is 18.0 Å². The minimum absolute atomic E-state index is 0.126. The Morgan fingerprint density at radius 2 is 2.30 bits per heavy atom. The second-order valence-electron chi connectivity index (χ2n) is 4.68. The topological polar surface area (TPSA) is 75.5 Å². The van der Waals surface area contributed by atoms with Gasteiger partial charge < -0.3 is 10.2 Å². The molecule has 1 heterocycles. The fourth-order valence-corrected chi connectivity index (χ4v) is 2.25. The van der Waals surface area contributed by atoms with Gasteiger partial charge in [-0.1, -0.05) is 6.92 Å². The van der Waals surface area contributed by atoms with Crippen LogP contribution in [0, 0.1) is 15.9 Å². The molecule has 0 spiro atoms. The minimum atomic E-state index is -0.897. The van der Waals surface area contributed by atoms with E-state index in [2.05, 4.69) is 5.32 Å². The maximum atomic E-state index is 13.3. The van der Waals surface area contributed by atoms with E-state index in [1.165, 1.54) is 11.0 Å². The molecule has 2 rings (SSSR count). The summed E-state index contributed by atoms with van der Waals surface area (Å²) in [5.41, 5.74) is -0.246. The molecule has 1 aliphatic rings. The van der Waals surface area contributed by atoms with Crippen LogP contribution in [-0.4, -0.2) is 30.0 Å². The number of hydrogen-bond donors (Lipinski definition) is 1. The van der Waals surface area contributed by atoms with Crippen molar-refractivity contribution < 1.29 is 14.1 Å². The van der Waals surface area contributed by atoms with Gasteiger partial charge in [-0.3, -0.25) is 14.9 Å². The van der Waals surface area contributed by atoms with Crippen molar-refractivity contribution in [1.82, 2.24) is 5.32 Å². The average Bonchev–Trinajstić information content (AvgIpc) is 2.78. The van der Waals surface area contributed by atoms with Gasteiger partial charge in [-0.15, -0.1) is 0 Å². The second kappa shape index (κ2) is 5.96. The highest BCUT2D eigenvalue weighted by molar-refractivity contribution is 5.99. The number of carbonyl (C=O) groups is 1. The van der Waals surface area contributed by atoms with Gasteiger partial charge in [0, 0.05) is 12.6 Å². The molecule has 1 N–H and O–H groups in total. The molecular formula is C13H16FN3O3. The summed E-state index contributed by atoms with van der Waals surface area (Å²) < 4.78 is 13.3. The van der Waals surface area contributed by atoms with E-state index in [4.69, 9.17) is 0 Å². The highest BCUT2D eigenvalue weighted by Crippen LogP contribution is 2.27. The number of amides is 1. The fraction of sp³-hybridized carbons (Fsp3) is 0.462. The molecule has 7 heteroatoms.